The van der Waals surface area contributed by atoms with Gasteiger partial charge in [-0.1, -0.05) is 6.07 Å². The second-order valence-corrected chi connectivity index (χ2v) is 5.15. The summed E-state index contributed by atoms with van der Waals surface area (Å²) >= 11 is 5.83. The van der Waals surface area contributed by atoms with E-state index in [1.807, 2.05) is 4.90 Å². The normalized spacial score (nSPS) is 16.9. The topological polar surface area (TPSA) is 40.5 Å². The first-order valence-corrected chi connectivity index (χ1v) is 6.80. The van der Waals surface area contributed by atoms with Gasteiger partial charge in [-0.15, -0.1) is 11.6 Å². The number of carbonyl (C=O) groups is 1. The highest BCUT2D eigenvalue weighted by Gasteiger charge is 2.24. The average molecular weight is 268 g/mol. The molecule has 1 saturated heterocycles. The van der Waals surface area contributed by atoms with E-state index in [0.29, 0.717) is 22.9 Å². The molecule has 2 rings (SSSR count). The summed E-state index contributed by atoms with van der Waals surface area (Å²) in [5, 5.41) is 9.64. The van der Waals surface area contributed by atoms with Crippen LogP contribution in [0.1, 0.15) is 28.8 Å². The van der Waals surface area contributed by atoms with Crippen LogP contribution >= 0.6 is 11.6 Å². The summed E-state index contributed by atoms with van der Waals surface area (Å²) in [5.41, 5.74) is 1.25. The largest absolute Gasteiger partial charge is 0.508 e. The first-order chi connectivity index (χ1) is 8.63. The number of halogens is 1. The van der Waals surface area contributed by atoms with E-state index in [9.17, 15) is 9.90 Å². The third-order valence-electron chi connectivity index (χ3n) is 3.66. The highest BCUT2D eigenvalue weighted by molar-refractivity contribution is 6.18. The lowest BCUT2D eigenvalue weighted by Crippen LogP contribution is -2.39. The number of hydrogen-bond acceptors (Lipinski definition) is 2. The number of piperidine rings is 1. The van der Waals surface area contributed by atoms with Gasteiger partial charge < -0.3 is 10.0 Å². The molecule has 98 valence electrons. The maximum absolute atomic E-state index is 12.3. The Morgan fingerprint density at radius 1 is 1.44 bits per heavy atom. The quantitative estimate of drug-likeness (QED) is 0.837. The zero-order valence-corrected chi connectivity index (χ0v) is 11.3. The summed E-state index contributed by atoms with van der Waals surface area (Å²) in [7, 11) is 0. The lowest BCUT2D eigenvalue weighted by Gasteiger charge is -2.31. The minimum atomic E-state index is 0.0106. The second-order valence-electron chi connectivity index (χ2n) is 4.84. The first kappa shape index (κ1) is 13.2. The van der Waals surface area contributed by atoms with Crippen molar-refractivity contribution < 1.29 is 9.90 Å². The van der Waals surface area contributed by atoms with Crippen LogP contribution in [-0.2, 0) is 0 Å². The standard InChI is InChI=1S/C14H18ClNO2/c1-10-12(3-2-4-13(10)17)14(18)16-7-5-11(9-15)6-8-16/h2-4,11,17H,5-9H2,1H3. The zero-order valence-electron chi connectivity index (χ0n) is 10.5. The molecule has 0 atom stereocenters. The van der Waals surface area contributed by atoms with Gasteiger partial charge in [0.15, 0.2) is 0 Å². The van der Waals surface area contributed by atoms with Crippen LogP contribution in [0.25, 0.3) is 0 Å². The molecule has 1 heterocycles. The number of aromatic hydroxyl groups is 1. The van der Waals surface area contributed by atoms with Gasteiger partial charge in [0.2, 0.25) is 0 Å². The molecule has 1 aliphatic rings. The van der Waals surface area contributed by atoms with Crippen LogP contribution in [0, 0.1) is 12.8 Å². The average Bonchev–Trinajstić information content (AvgIpc) is 2.41. The summed E-state index contributed by atoms with van der Waals surface area (Å²) < 4.78 is 0. The Morgan fingerprint density at radius 3 is 2.72 bits per heavy atom. The van der Waals surface area contributed by atoms with Crippen LogP contribution in [-0.4, -0.2) is 34.9 Å². The van der Waals surface area contributed by atoms with Crippen molar-refractivity contribution in [2.24, 2.45) is 5.92 Å². The maximum Gasteiger partial charge on any atom is 0.254 e. The van der Waals surface area contributed by atoms with E-state index < -0.39 is 0 Å². The molecule has 0 unspecified atom stereocenters. The Hall–Kier alpha value is -1.22. The number of benzene rings is 1. The molecule has 1 aromatic carbocycles. The molecule has 3 nitrogen and oxygen atoms in total. The molecule has 1 aliphatic heterocycles. The minimum absolute atomic E-state index is 0.0106. The molecular weight excluding hydrogens is 250 g/mol. The first-order valence-electron chi connectivity index (χ1n) is 6.27. The summed E-state index contributed by atoms with van der Waals surface area (Å²) in [6.07, 6.45) is 1.93. The number of phenolic OH excluding ortho intramolecular Hbond substituents is 1. The number of likely N-dealkylation sites (tertiary alicyclic amines) is 1. The molecule has 1 N–H and O–H groups in total. The molecule has 0 radical (unpaired) electrons. The molecule has 18 heavy (non-hydrogen) atoms. The summed E-state index contributed by atoms with van der Waals surface area (Å²) in [4.78, 5) is 14.2. The number of carbonyl (C=O) groups excluding carboxylic acids is 1. The van der Waals surface area contributed by atoms with Crippen LogP contribution in [0.2, 0.25) is 0 Å². The summed E-state index contributed by atoms with van der Waals surface area (Å²) in [5.74, 6) is 1.39. The lowest BCUT2D eigenvalue weighted by atomic mass is 9.97. The third-order valence-corrected chi connectivity index (χ3v) is 4.09. The van der Waals surface area contributed by atoms with Crippen molar-refractivity contribution in [3.63, 3.8) is 0 Å². The predicted molar refractivity (Wildman–Crippen MR) is 72.2 cm³/mol. The fourth-order valence-corrected chi connectivity index (χ4v) is 2.62. The van der Waals surface area contributed by atoms with Gasteiger partial charge in [-0.2, -0.15) is 0 Å². The van der Waals surface area contributed by atoms with E-state index in [-0.39, 0.29) is 11.7 Å². The molecule has 0 spiro atoms. The molecule has 4 heteroatoms. The minimum Gasteiger partial charge on any atom is -0.508 e. The predicted octanol–water partition coefficient (Wildman–Crippen LogP) is 2.79. The van der Waals surface area contributed by atoms with Crippen molar-refractivity contribution in [3.8, 4) is 5.75 Å². The Kier molecular flexibility index (Phi) is 4.12. The Balaban J connectivity index is 2.10. The number of amides is 1. The summed E-state index contributed by atoms with van der Waals surface area (Å²) in [6.45, 7) is 3.28. The number of hydrogen-bond donors (Lipinski definition) is 1. The van der Waals surface area contributed by atoms with Crippen molar-refractivity contribution in [2.45, 2.75) is 19.8 Å². The van der Waals surface area contributed by atoms with Crippen LogP contribution in [0.15, 0.2) is 18.2 Å². The Labute approximate surface area is 112 Å². The molecule has 0 bridgehead atoms. The van der Waals surface area contributed by atoms with E-state index in [2.05, 4.69) is 0 Å². The van der Waals surface area contributed by atoms with E-state index in [0.717, 1.165) is 25.9 Å². The van der Waals surface area contributed by atoms with Gasteiger partial charge in [0.1, 0.15) is 5.75 Å². The van der Waals surface area contributed by atoms with Gasteiger partial charge in [-0.25, -0.2) is 0 Å². The summed E-state index contributed by atoms with van der Waals surface area (Å²) in [6, 6.07) is 5.08. The van der Waals surface area contributed by atoms with Crippen molar-refractivity contribution >= 4 is 17.5 Å². The highest BCUT2D eigenvalue weighted by atomic mass is 35.5. The van der Waals surface area contributed by atoms with Crippen LogP contribution in [0.5, 0.6) is 5.75 Å². The number of nitrogens with zero attached hydrogens (tertiary/aromatic N) is 1. The van der Waals surface area contributed by atoms with Crippen LogP contribution < -0.4 is 0 Å². The van der Waals surface area contributed by atoms with Gasteiger partial charge >= 0.3 is 0 Å². The fraction of sp³-hybridized carbons (Fsp3) is 0.500. The molecule has 0 aromatic heterocycles. The molecule has 1 aromatic rings. The monoisotopic (exact) mass is 267 g/mol. The van der Waals surface area contributed by atoms with Gasteiger partial charge in [0.05, 0.1) is 0 Å². The molecular formula is C14H18ClNO2. The Bertz CT molecular complexity index is 439. The number of alkyl halides is 1. The second kappa shape index (κ2) is 5.61. The molecule has 1 amide bonds. The SMILES string of the molecule is Cc1c(O)cccc1C(=O)N1CCC(CCl)CC1. The molecule has 1 fully saturated rings. The third kappa shape index (κ3) is 2.61. The van der Waals surface area contributed by atoms with E-state index in [4.69, 9.17) is 11.6 Å². The molecule has 0 aliphatic carbocycles. The number of rotatable bonds is 2. The van der Waals surface area contributed by atoms with Crippen LogP contribution in [0.3, 0.4) is 0 Å². The van der Waals surface area contributed by atoms with Gasteiger partial charge in [-0.05, 0) is 37.8 Å². The zero-order chi connectivity index (χ0) is 13.1. The van der Waals surface area contributed by atoms with E-state index >= 15 is 0 Å². The van der Waals surface area contributed by atoms with Crippen molar-refractivity contribution in [1.82, 2.24) is 4.90 Å². The number of phenols is 1. The lowest BCUT2D eigenvalue weighted by molar-refractivity contribution is 0.0697. The fourth-order valence-electron chi connectivity index (χ4n) is 2.32. The van der Waals surface area contributed by atoms with Crippen LogP contribution in [0.4, 0.5) is 0 Å². The maximum atomic E-state index is 12.3. The smallest absolute Gasteiger partial charge is 0.254 e. The Morgan fingerprint density at radius 2 is 2.11 bits per heavy atom. The van der Waals surface area contributed by atoms with Gasteiger partial charge in [0.25, 0.3) is 5.91 Å². The van der Waals surface area contributed by atoms with E-state index in [1.54, 1.807) is 25.1 Å². The van der Waals surface area contributed by atoms with Crippen molar-refractivity contribution in [2.75, 3.05) is 19.0 Å². The van der Waals surface area contributed by atoms with Gasteiger partial charge in [-0.3, -0.25) is 4.79 Å². The van der Waals surface area contributed by atoms with Crippen molar-refractivity contribution in [1.29, 1.82) is 0 Å². The molecule has 0 saturated carbocycles. The highest BCUT2D eigenvalue weighted by Crippen LogP contribution is 2.24. The van der Waals surface area contributed by atoms with Crippen molar-refractivity contribution in [3.05, 3.63) is 29.3 Å². The van der Waals surface area contributed by atoms with E-state index in [1.165, 1.54) is 0 Å². The van der Waals surface area contributed by atoms with Gasteiger partial charge in [0, 0.05) is 30.1 Å².